The van der Waals surface area contributed by atoms with E-state index in [-0.39, 0.29) is 11.8 Å². The molecule has 0 spiro atoms. The highest BCUT2D eigenvalue weighted by Gasteiger charge is 2.31. The molecule has 1 aromatic rings. The van der Waals surface area contributed by atoms with Crippen LogP contribution in [0.3, 0.4) is 0 Å². The molecule has 1 aliphatic rings. The van der Waals surface area contributed by atoms with Crippen molar-refractivity contribution in [2.75, 3.05) is 18.9 Å². The van der Waals surface area contributed by atoms with Gasteiger partial charge in [-0.1, -0.05) is 32.0 Å². The zero-order valence-electron chi connectivity index (χ0n) is 12.3. The minimum atomic E-state index is -0.00352. The Bertz CT molecular complexity index is 456. The molecule has 2 rings (SSSR count). The second kappa shape index (κ2) is 5.64. The number of carbonyl (C=O) groups is 1. The predicted octanol–water partition coefficient (Wildman–Crippen LogP) is 3.09. The molecule has 0 aliphatic carbocycles. The first-order valence-electron chi connectivity index (χ1n) is 7.09. The van der Waals surface area contributed by atoms with Gasteiger partial charge in [0.15, 0.2) is 0 Å². The molecule has 0 saturated carbocycles. The first kappa shape index (κ1) is 13.9. The molecule has 3 heteroatoms. The van der Waals surface area contributed by atoms with Crippen LogP contribution in [0.2, 0.25) is 0 Å². The Kier molecular flexibility index (Phi) is 4.13. The summed E-state index contributed by atoms with van der Waals surface area (Å²) < 4.78 is 0. The zero-order chi connectivity index (χ0) is 14.0. The highest BCUT2D eigenvalue weighted by Crippen LogP contribution is 2.35. The Hall–Kier alpha value is -1.51. The Morgan fingerprint density at radius 1 is 1.42 bits per heavy atom. The van der Waals surface area contributed by atoms with Gasteiger partial charge in [-0.3, -0.25) is 4.79 Å². The Labute approximate surface area is 116 Å². The highest BCUT2D eigenvalue weighted by molar-refractivity contribution is 5.86. The second-order valence-corrected chi connectivity index (χ2v) is 6.03. The number of para-hydroxylation sites is 1. The third-order valence-corrected chi connectivity index (χ3v) is 3.64. The van der Waals surface area contributed by atoms with Crippen molar-refractivity contribution in [2.45, 2.75) is 39.2 Å². The molecule has 1 aromatic carbocycles. The van der Waals surface area contributed by atoms with Gasteiger partial charge in [-0.25, -0.2) is 0 Å². The fourth-order valence-electron chi connectivity index (χ4n) is 2.87. The van der Waals surface area contributed by atoms with Crippen LogP contribution in [0.15, 0.2) is 24.3 Å². The van der Waals surface area contributed by atoms with Crippen LogP contribution in [0.5, 0.6) is 0 Å². The summed E-state index contributed by atoms with van der Waals surface area (Å²) in [5, 5.41) is 3.45. The minimum Gasteiger partial charge on any atom is -0.382 e. The summed E-state index contributed by atoms with van der Waals surface area (Å²) in [4.78, 5) is 14.5. The van der Waals surface area contributed by atoms with Gasteiger partial charge in [-0.05, 0) is 30.9 Å². The number of rotatable bonds is 3. The van der Waals surface area contributed by atoms with E-state index in [1.54, 1.807) is 0 Å². The Balaban J connectivity index is 2.22. The van der Waals surface area contributed by atoms with Gasteiger partial charge in [0.2, 0.25) is 5.91 Å². The maximum Gasteiger partial charge on any atom is 0.230 e. The number of carbonyl (C=O) groups excluding carboxylic acids is 1. The fourth-order valence-corrected chi connectivity index (χ4v) is 2.87. The number of amides is 1. The molecule has 0 radical (unpaired) electrons. The quantitative estimate of drug-likeness (QED) is 0.905. The molecule has 104 valence electrons. The lowest BCUT2D eigenvalue weighted by Crippen LogP contribution is -2.38. The monoisotopic (exact) mass is 260 g/mol. The lowest BCUT2D eigenvalue weighted by atomic mass is 9.86. The fraction of sp³-hybridized carbons (Fsp3) is 0.562. The molecular weight excluding hydrogens is 236 g/mol. The van der Waals surface area contributed by atoms with Crippen LogP contribution in [0.25, 0.3) is 0 Å². The number of hydrogen-bond donors (Lipinski definition) is 1. The third-order valence-electron chi connectivity index (χ3n) is 3.64. The van der Waals surface area contributed by atoms with Gasteiger partial charge >= 0.3 is 0 Å². The van der Waals surface area contributed by atoms with Gasteiger partial charge in [-0.15, -0.1) is 0 Å². The smallest absolute Gasteiger partial charge is 0.230 e. The van der Waals surface area contributed by atoms with Crippen LogP contribution in [0.4, 0.5) is 5.69 Å². The minimum absolute atomic E-state index is 0.00352. The van der Waals surface area contributed by atoms with Gasteiger partial charge in [0.05, 0.1) is 5.92 Å². The molecule has 19 heavy (non-hydrogen) atoms. The van der Waals surface area contributed by atoms with Crippen molar-refractivity contribution in [1.82, 2.24) is 4.90 Å². The molecule has 1 N–H and O–H groups in total. The Morgan fingerprint density at radius 2 is 2.11 bits per heavy atom. The summed E-state index contributed by atoms with van der Waals surface area (Å²) in [6.07, 6.45) is 0.873. The number of fused-ring (bicyclic) bond motifs is 1. The maximum atomic E-state index is 12.6. The third kappa shape index (κ3) is 3.09. The van der Waals surface area contributed by atoms with Crippen LogP contribution in [0.1, 0.15) is 38.7 Å². The summed E-state index contributed by atoms with van der Waals surface area (Å²) in [7, 11) is 1.91. The predicted molar refractivity (Wildman–Crippen MR) is 79.4 cm³/mol. The number of nitrogens with zero attached hydrogens (tertiary/aromatic N) is 1. The van der Waals surface area contributed by atoms with Gasteiger partial charge in [0, 0.05) is 25.3 Å². The molecular formula is C16H24N2O. The van der Waals surface area contributed by atoms with Crippen molar-refractivity contribution >= 4 is 11.6 Å². The number of hydrogen-bond acceptors (Lipinski definition) is 2. The van der Waals surface area contributed by atoms with E-state index in [2.05, 4.69) is 38.2 Å². The first-order chi connectivity index (χ1) is 8.99. The van der Waals surface area contributed by atoms with E-state index < -0.39 is 0 Å². The van der Waals surface area contributed by atoms with Crippen LogP contribution in [-0.4, -0.2) is 30.4 Å². The molecule has 3 nitrogen and oxygen atoms in total. The molecule has 0 bridgehead atoms. The normalized spacial score (nSPS) is 21.7. The topological polar surface area (TPSA) is 32.3 Å². The van der Waals surface area contributed by atoms with Gasteiger partial charge < -0.3 is 10.2 Å². The van der Waals surface area contributed by atoms with E-state index >= 15 is 0 Å². The molecule has 1 aliphatic heterocycles. The standard InChI is InChI=1S/C16H24N2O/c1-11(2)10-18(4)16(19)14-9-12(3)17-15-8-6-5-7-13(14)15/h5-8,11-12,14,17H,9-10H2,1-4H3. The summed E-state index contributed by atoms with van der Waals surface area (Å²) >= 11 is 0. The van der Waals surface area contributed by atoms with Crippen LogP contribution in [-0.2, 0) is 4.79 Å². The number of likely N-dealkylation sites (N-methyl/N-ethyl adjacent to an activating group) is 1. The van der Waals surface area contributed by atoms with Crippen LogP contribution >= 0.6 is 0 Å². The van der Waals surface area contributed by atoms with E-state index in [0.29, 0.717) is 12.0 Å². The van der Waals surface area contributed by atoms with Crippen molar-refractivity contribution < 1.29 is 4.79 Å². The lowest BCUT2D eigenvalue weighted by Gasteiger charge is -2.33. The average molecular weight is 260 g/mol. The molecule has 1 amide bonds. The van der Waals surface area contributed by atoms with Gasteiger partial charge in [0.1, 0.15) is 0 Å². The van der Waals surface area contributed by atoms with Crippen molar-refractivity contribution in [3.63, 3.8) is 0 Å². The van der Waals surface area contributed by atoms with Crippen LogP contribution < -0.4 is 5.32 Å². The van der Waals surface area contributed by atoms with Gasteiger partial charge in [0.25, 0.3) is 0 Å². The Morgan fingerprint density at radius 3 is 2.79 bits per heavy atom. The zero-order valence-corrected chi connectivity index (χ0v) is 12.3. The lowest BCUT2D eigenvalue weighted by molar-refractivity contribution is -0.132. The molecule has 1 heterocycles. The van der Waals surface area contributed by atoms with E-state index in [1.807, 2.05) is 24.1 Å². The van der Waals surface area contributed by atoms with Crippen LogP contribution in [0, 0.1) is 5.92 Å². The SMILES string of the molecule is CC(C)CN(C)C(=O)C1CC(C)Nc2ccccc21. The van der Waals surface area contributed by atoms with E-state index in [0.717, 1.165) is 24.2 Å². The van der Waals surface area contributed by atoms with E-state index in [9.17, 15) is 4.79 Å². The summed E-state index contributed by atoms with van der Waals surface area (Å²) in [5.41, 5.74) is 2.25. The largest absolute Gasteiger partial charge is 0.382 e. The highest BCUT2D eigenvalue weighted by atomic mass is 16.2. The van der Waals surface area contributed by atoms with Gasteiger partial charge in [-0.2, -0.15) is 0 Å². The molecule has 0 aromatic heterocycles. The number of nitrogens with one attached hydrogen (secondary N) is 1. The summed E-state index contributed by atoms with van der Waals surface area (Å²) in [5.74, 6) is 0.744. The average Bonchev–Trinajstić information content (AvgIpc) is 2.36. The maximum absolute atomic E-state index is 12.6. The number of benzene rings is 1. The van der Waals surface area contributed by atoms with Crippen molar-refractivity contribution in [1.29, 1.82) is 0 Å². The molecule has 0 fully saturated rings. The molecule has 0 saturated heterocycles. The van der Waals surface area contributed by atoms with Crippen molar-refractivity contribution in [2.24, 2.45) is 5.92 Å². The first-order valence-corrected chi connectivity index (χ1v) is 7.09. The summed E-state index contributed by atoms with van der Waals surface area (Å²) in [6, 6.07) is 8.51. The van der Waals surface area contributed by atoms with Crippen molar-refractivity contribution in [3.05, 3.63) is 29.8 Å². The number of anilines is 1. The molecule has 2 unspecified atom stereocenters. The molecule has 2 atom stereocenters. The van der Waals surface area contributed by atoms with E-state index in [4.69, 9.17) is 0 Å². The summed E-state index contributed by atoms with van der Waals surface area (Å²) in [6.45, 7) is 7.24. The van der Waals surface area contributed by atoms with Crippen molar-refractivity contribution in [3.8, 4) is 0 Å². The van der Waals surface area contributed by atoms with E-state index in [1.165, 1.54) is 0 Å². The second-order valence-electron chi connectivity index (χ2n) is 6.03.